The molecule has 0 bridgehead atoms. The van der Waals surface area contributed by atoms with Crippen molar-refractivity contribution >= 4 is 5.57 Å². The minimum atomic E-state index is 1.23. The van der Waals surface area contributed by atoms with Crippen LogP contribution in [0.5, 0.6) is 0 Å². The van der Waals surface area contributed by atoms with Gasteiger partial charge >= 0.3 is 0 Å². The van der Waals surface area contributed by atoms with Gasteiger partial charge in [0.05, 0.1) is 0 Å². The molecule has 0 nitrogen and oxygen atoms in total. The molecule has 0 heterocycles. The van der Waals surface area contributed by atoms with Crippen LogP contribution >= 0.6 is 0 Å². The lowest BCUT2D eigenvalue weighted by Gasteiger charge is -2.11. The van der Waals surface area contributed by atoms with Gasteiger partial charge in [-0.15, -0.1) is 0 Å². The first-order chi connectivity index (χ1) is 7.40. The highest BCUT2D eigenvalue weighted by Gasteiger charge is 2.04. The summed E-state index contributed by atoms with van der Waals surface area (Å²) in [5.41, 5.74) is 4.07. The van der Waals surface area contributed by atoms with Crippen molar-refractivity contribution in [1.82, 2.24) is 0 Å². The Morgan fingerprint density at radius 1 is 1.20 bits per heavy atom. The molecule has 1 aliphatic carbocycles. The van der Waals surface area contributed by atoms with E-state index in [1.54, 1.807) is 0 Å². The Balaban J connectivity index is 2.31. The predicted molar refractivity (Wildman–Crippen MR) is 66.6 cm³/mol. The Labute approximate surface area is 91.6 Å². The Morgan fingerprint density at radius 3 is 2.47 bits per heavy atom. The summed E-state index contributed by atoms with van der Waals surface area (Å²) in [6.45, 7) is 2.06. The molecular weight excluding hydrogens is 180 g/mol. The minimum Gasteiger partial charge on any atom is -0.0870 e. The van der Waals surface area contributed by atoms with Crippen LogP contribution in [-0.2, 0) is 0 Å². The molecule has 0 aliphatic heterocycles. The summed E-state index contributed by atoms with van der Waals surface area (Å²) in [6, 6.07) is 10.5. The zero-order chi connectivity index (χ0) is 10.5. The molecule has 0 heteroatoms. The molecule has 0 unspecified atom stereocenters. The van der Waals surface area contributed by atoms with Crippen molar-refractivity contribution in [3.05, 3.63) is 65.8 Å². The predicted octanol–water partition coefficient (Wildman–Crippen LogP) is 4.37. The van der Waals surface area contributed by atoms with Gasteiger partial charge in [0.2, 0.25) is 0 Å². The van der Waals surface area contributed by atoms with E-state index < -0.39 is 0 Å². The topological polar surface area (TPSA) is 0 Å². The molecule has 2 rings (SSSR count). The van der Waals surface area contributed by atoms with Crippen LogP contribution in [-0.4, -0.2) is 0 Å². The zero-order valence-corrected chi connectivity index (χ0v) is 9.11. The summed E-state index contributed by atoms with van der Waals surface area (Å²) >= 11 is 0. The molecule has 15 heavy (non-hydrogen) atoms. The van der Waals surface area contributed by atoms with E-state index in [2.05, 4.69) is 61.6 Å². The molecule has 1 aliphatic rings. The van der Waals surface area contributed by atoms with Crippen LogP contribution in [0.25, 0.3) is 5.57 Å². The Morgan fingerprint density at radius 2 is 1.93 bits per heavy atom. The second-order valence-corrected chi connectivity index (χ2v) is 3.78. The van der Waals surface area contributed by atoms with Gasteiger partial charge in [-0.25, -0.2) is 0 Å². The van der Waals surface area contributed by atoms with Crippen LogP contribution in [0.4, 0.5) is 0 Å². The number of allylic oxidation sites excluding steroid dienone is 6. The SMILES string of the molecule is C/C=C\C(=C/C1=CCC1)c1ccccc1. The third kappa shape index (κ3) is 2.47. The summed E-state index contributed by atoms with van der Waals surface area (Å²) < 4.78 is 0. The summed E-state index contributed by atoms with van der Waals surface area (Å²) in [5.74, 6) is 0. The molecule has 1 aromatic carbocycles. The van der Waals surface area contributed by atoms with Crippen molar-refractivity contribution in [2.45, 2.75) is 19.8 Å². The normalized spacial score (nSPS) is 16.3. The molecule has 0 saturated heterocycles. The summed E-state index contributed by atoms with van der Waals surface area (Å²) in [4.78, 5) is 0. The summed E-state index contributed by atoms with van der Waals surface area (Å²) in [7, 11) is 0. The number of rotatable bonds is 3. The zero-order valence-electron chi connectivity index (χ0n) is 9.11. The average Bonchev–Trinajstić information content (AvgIpc) is 2.23. The van der Waals surface area contributed by atoms with Crippen molar-refractivity contribution < 1.29 is 0 Å². The molecule has 0 fully saturated rings. The number of benzene rings is 1. The maximum absolute atomic E-state index is 2.30. The summed E-state index contributed by atoms with van der Waals surface area (Å²) in [5, 5.41) is 0. The van der Waals surface area contributed by atoms with Crippen LogP contribution in [0.2, 0.25) is 0 Å². The van der Waals surface area contributed by atoms with Gasteiger partial charge in [0, 0.05) is 0 Å². The fraction of sp³-hybridized carbons (Fsp3) is 0.200. The first kappa shape index (κ1) is 9.97. The van der Waals surface area contributed by atoms with Crippen LogP contribution in [0, 0.1) is 0 Å². The molecule has 0 N–H and O–H groups in total. The van der Waals surface area contributed by atoms with Gasteiger partial charge in [-0.1, -0.05) is 60.2 Å². The van der Waals surface area contributed by atoms with Gasteiger partial charge in [-0.3, -0.25) is 0 Å². The number of hydrogen-bond acceptors (Lipinski definition) is 0. The maximum atomic E-state index is 2.30. The van der Waals surface area contributed by atoms with E-state index in [4.69, 9.17) is 0 Å². The minimum absolute atomic E-state index is 1.23. The third-order valence-electron chi connectivity index (χ3n) is 2.63. The van der Waals surface area contributed by atoms with E-state index in [1.165, 1.54) is 29.6 Å². The number of hydrogen-bond donors (Lipinski definition) is 0. The van der Waals surface area contributed by atoms with Crippen LogP contribution < -0.4 is 0 Å². The fourth-order valence-corrected chi connectivity index (χ4v) is 1.68. The average molecular weight is 196 g/mol. The monoisotopic (exact) mass is 196 g/mol. The van der Waals surface area contributed by atoms with E-state index in [1.807, 2.05) is 0 Å². The van der Waals surface area contributed by atoms with E-state index in [-0.39, 0.29) is 0 Å². The lowest BCUT2D eigenvalue weighted by Crippen LogP contribution is -1.91. The summed E-state index contributed by atoms with van der Waals surface area (Å²) in [6.07, 6.45) is 11.3. The Hall–Kier alpha value is -1.56. The maximum Gasteiger partial charge on any atom is -0.0184 e. The van der Waals surface area contributed by atoms with Crippen molar-refractivity contribution in [1.29, 1.82) is 0 Å². The smallest absolute Gasteiger partial charge is 0.0184 e. The van der Waals surface area contributed by atoms with Crippen molar-refractivity contribution in [2.75, 3.05) is 0 Å². The van der Waals surface area contributed by atoms with Gasteiger partial charge < -0.3 is 0 Å². The highest BCUT2D eigenvalue weighted by Crippen LogP contribution is 2.25. The van der Waals surface area contributed by atoms with Crippen LogP contribution in [0.3, 0.4) is 0 Å². The van der Waals surface area contributed by atoms with Crippen molar-refractivity contribution in [2.24, 2.45) is 0 Å². The van der Waals surface area contributed by atoms with Gasteiger partial charge in [-0.05, 0) is 30.9 Å². The molecule has 0 aromatic heterocycles. The largest absolute Gasteiger partial charge is 0.0870 e. The first-order valence-electron chi connectivity index (χ1n) is 5.49. The third-order valence-corrected chi connectivity index (χ3v) is 2.63. The first-order valence-corrected chi connectivity index (χ1v) is 5.49. The molecule has 0 amide bonds. The van der Waals surface area contributed by atoms with Crippen LogP contribution in [0.15, 0.2) is 60.2 Å². The van der Waals surface area contributed by atoms with Gasteiger partial charge in [0.1, 0.15) is 0 Å². The molecule has 0 saturated carbocycles. The van der Waals surface area contributed by atoms with E-state index in [0.717, 1.165) is 0 Å². The lowest BCUT2D eigenvalue weighted by atomic mass is 9.94. The Bertz CT molecular complexity index is 405. The molecule has 0 atom stereocenters. The fourth-order valence-electron chi connectivity index (χ4n) is 1.68. The highest BCUT2D eigenvalue weighted by molar-refractivity contribution is 5.76. The lowest BCUT2D eigenvalue weighted by molar-refractivity contribution is 0.907. The van der Waals surface area contributed by atoms with E-state index >= 15 is 0 Å². The molecule has 1 aromatic rings. The van der Waals surface area contributed by atoms with Gasteiger partial charge in [-0.2, -0.15) is 0 Å². The van der Waals surface area contributed by atoms with E-state index in [0.29, 0.717) is 0 Å². The Kier molecular flexibility index (Phi) is 3.18. The van der Waals surface area contributed by atoms with Crippen LogP contribution in [0.1, 0.15) is 25.3 Å². The molecule has 76 valence electrons. The standard InChI is InChI=1S/C15H16/c1-2-7-15(12-13-8-6-9-13)14-10-4-3-5-11-14/h2-5,7-8,10-12H,6,9H2,1H3/b7-2-,15-12+. The second kappa shape index (κ2) is 4.79. The quantitative estimate of drug-likeness (QED) is 0.630. The van der Waals surface area contributed by atoms with Gasteiger partial charge in [0.25, 0.3) is 0 Å². The van der Waals surface area contributed by atoms with E-state index in [9.17, 15) is 0 Å². The van der Waals surface area contributed by atoms with Crippen molar-refractivity contribution in [3.8, 4) is 0 Å². The van der Waals surface area contributed by atoms with Crippen molar-refractivity contribution in [3.63, 3.8) is 0 Å². The molecule has 0 spiro atoms. The molecule has 0 radical (unpaired) electrons. The van der Waals surface area contributed by atoms with Gasteiger partial charge in [0.15, 0.2) is 0 Å². The highest BCUT2D eigenvalue weighted by atomic mass is 14.1. The second-order valence-electron chi connectivity index (χ2n) is 3.78. The molecular formula is C15H16.